The van der Waals surface area contributed by atoms with Crippen LogP contribution in [-0.4, -0.2) is 36.8 Å². The average molecular weight is 350 g/mol. The number of nitrogens with zero attached hydrogens (tertiary/aromatic N) is 3. The van der Waals surface area contributed by atoms with Crippen LogP contribution in [0.1, 0.15) is 17.4 Å². The van der Waals surface area contributed by atoms with Gasteiger partial charge in [0.1, 0.15) is 17.7 Å². The van der Waals surface area contributed by atoms with Crippen molar-refractivity contribution in [3.8, 4) is 5.75 Å². The molecule has 0 bridgehead atoms. The van der Waals surface area contributed by atoms with Gasteiger partial charge in [-0.2, -0.15) is 4.98 Å². The first-order valence-electron chi connectivity index (χ1n) is 8.68. The summed E-state index contributed by atoms with van der Waals surface area (Å²) in [5.41, 5.74) is 7.84. The number of rotatable bonds is 3. The highest BCUT2D eigenvalue weighted by molar-refractivity contribution is 5.84. The molecule has 1 atom stereocenters. The summed E-state index contributed by atoms with van der Waals surface area (Å²) >= 11 is 0. The van der Waals surface area contributed by atoms with Crippen molar-refractivity contribution in [2.24, 2.45) is 0 Å². The number of fused-ring (bicyclic) bond motifs is 1. The molecule has 0 amide bonds. The number of morpholine rings is 1. The maximum atomic E-state index is 6.03. The smallest absolute Gasteiger partial charge is 0.222 e. The number of nitrogens with two attached hydrogens (primary N) is 1. The van der Waals surface area contributed by atoms with Gasteiger partial charge in [0, 0.05) is 24.8 Å². The molecule has 2 N–H and O–H groups in total. The molecule has 1 saturated heterocycles. The normalized spacial score (nSPS) is 17.5. The highest BCUT2D eigenvalue weighted by Gasteiger charge is 2.23. The summed E-state index contributed by atoms with van der Waals surface area (Å²) in [5.74, 6) is 2.03. The number of aryl methyl sites for hydroxylation is 1. The summed E-state index contributed by atoms with van der Waals surface area (Å²) in [5, 5.41) is 2.33. The van der Waals surface area contributed by atoms with Gasteiger partial charge in [0.2, 0.25) is 5.95 Å². The Kier molecular flexibility index (Phi) is 4.34. The van der Waals surface area contributed by atoms with Crippen LogP contribution in [-0.2, 0) is 4.74 Å². The second-order valence-electron chi connectivity index (χ2n) is 6.50. The number of hydrogen-bond donors (Lipinski definition) is 1. The largest absolute Gasteiger partial charge is 0.497 e. The van der Waals surface area contributed by atoms with Crippen LogP contribution in [0.2, 0.25) is 0 Å². The maximum absolute atomic E-state index is 6.03. The van der Waals surface area contributed by atoms with E-state index in [0.29, 0.717) is 12.6 Å². The average Bonchev–Trinajstić information content (AvgIpc) is 2.66. The summed E-state index contributed by atoms with van der Waals surface area (Å²) in [4.78, 5) is 10.7. The van der Waals surface area contributed by atoms with Gasteiger partial charge in [-0.3, -0.25) is 0 Å². The molecule has 0 aliphatic carbocycles. The molecule has 4 rings (SSSR count). The Bertz CT molecular complexity index is 924. The van der Waals surface area contributed by atoms with Crippen LogP contribution in [0.4, 0.5) is 11.8 Å². The Balaban J connectivity index is 1.60. The lowest BCUT2D eigenvalue weighted by atomic mass is 10.0. The summed E-state index contributed by atoms with van der Waals surface area (Å²) in [6, 6.07) is 14.5. The summed E-state index contributed by atoms with van der Waals surface area (Å²) in [6.45, 7) is 4.10. The molecule has 6 heteroatoms. The van der Waals surface area contributed by atoms with Crippen LogP contribution in [0.5, 0.6) is 5.75 Å². The number of nitrogen functional groups attached to an aromatic ring is 1. The Morgan fingerprint density at radius 3 is 2.73 bits per heavy atom. The van der Waals surface area contributed by atoms with Crippen molar-refractivity contribution in [1.82, 2.24) is 9.97 Å². The van der Waals surface area contributed by atoms with Crippen LogP contribution < -0.4 is 15.4 Å². The molecule has 2 aromatic carbocycles. The lowest BCUT2D eigenvalue weighted by Gasteiger charge is -2.34. The molecule has 1 aliphatic heterocycles. The summed E-state index contributed by atoms with van der Waals surface area (Å²) in [6.07, 6.45) is -0.00764. The van der Waals surface area contributed by atoms with Crippen LogP contribution in [0.3, 0.4) is 0 Å². The molecule has 2 heterocycles. The lowest BCUT2D eigenvalue weighted by Crippen LogP contribution is -2.39. The molecule has 0 spiro atoms. The van der Waals surface area contributed by atoms with Crippen molar-refractivity contribution in [2.75, 3.05) is 37.4 Å². The number of benzene rings is 2. The molecule has 3 aromatic rings. The van der Waals surface area contributed by atoms with Gasteiger partial charge in [-0.1, -0.05) is 18.2 Å². The zero-order chi connectivity index (χ0) is 18.1. The maximum Gasteiger partial charge on any atom is 0.222 e. The second kappa shape index (κ2) is 6.80. The van der Waals surface area contributed by atoms with E-state index in [1.54, 1.807) is 7.11 Å². The van der Waals surface area contributed by atoms with Gasteiger partial charge in [-0.25, -0.2) is 4.98 Å². The SMILES string of the molecule is COc1ccc2cc([C@@H]3CN(c4cc(C)nc(N)n4)CCO3)ccc2c1. The first-order valence-corrected chi connectivity index (χ1v) is 8.68. The third kappa shape index (κ3) is 3.28. The van der Waals surface area contributed by atoms with Gasteiger partial charge in [-0.15, -0.1) is 0 Å². The number of anilines is 2. The molecule has 1 aromatic heterocycles. The van der Waals surface area contributed by atoms with Gasteiger partial charge >= 0.3 is 0 Å². The van der Waals surface area contributed by atoms with Gasteiger partial charge in [0.05, 0.1) is 13.7 Å². The van der Waals surface area contributed by atoms with Gasteiger partial charge in [0.25, 0.3) is 0 Å². The van der Waals surface area contributed by atoms with E-state index in [-0.39, 0.29) is 6.10 Å². The number of ether oxygens (including phenoxy) is 2. The molecule has 134 valence electrons. The summed E-state index contributed by atoms with van der Waals surface area (Å²) in [7, 11) is 1.68. The van der Waals surface area contributed by atoms with Crippen molar-refractivity contribution < 1.29 is 9.47 Å². The summed E-state index contributed by atoms with van der Waals surface area (Å²) < 4.78 is 11.3. The van der Waals surface area contributed by atoms with Crippen molar-refractivity contribution in [3.05, 3.63) is 53.7 Å². The molecular formula is C20H22N4O2. The van der Waals surface area contributed by atoms with Gasteiger partial charge < -0.3 is 20.1 Å². The Hall–Kier alpha value is -2.86. The van der Waals surface area contributed by atoms with Crippen molar-refractivity contribution in [2.45, 2.75) is 13.0 Å². The minimum absolute atomic E-state index is 0.00764. The monoisotopic (exact) mass is 350 g/mol. The van der Waals surface area contributed by atoms with Crippen molar-refractivity contribution in [1.29, 1.82) is 0 Å². The van der Waals surface area contributed by atoms with Gasteiger partial charge in [-0.05, 0) is 41.5 Å². The third-order valence-electron chi connectivity index (χ3n) is 4.69. The van der Waals surface area contributed by atoms with E-state index in [1.165, 1.54) is 5.39 Å². The first kappa shape index (κ1) is 16.6. The van der Waals surface area contributed by atoms with Crippen LogP contribution >= 0.6 is 0 Å². The molecular weight excluding hydrogens is 328 g/mol. The predicted octanol–water partition coefficient (Wildman–Crippen LogP) is 3.11. The Labute approximate surface area is 152 Å². The molecule has 1 fully saturated rings. The highest BCUT2D eigenvalue weighted by Crippen LogP contribution is 2.29. The molecule has 6 nitrogen and oxygen atoms in total. The van der Waals surface area contributed by atoms with Crippen LogP contribution in [0.25, 0.3) is 10.8 Å². The predicted molar refractivity (Wildman–Crippen MR) is 103 cm³/mol. The van der Waals surface area contributed by atoms with E-state index >= 15 is 0 Å². The van der Waals surface area contributed by atoms with Crippen molar-refractivity contribution in [3.63, 3.8) is 0 Å². The van der Waals surface area contributed by atoms with E-state index in [9.17, 15) is 0 Å². The number of aromatic nitrogens is 2. The highest BCUT2D eigenvalue weighted by atomic mass is 16.5. The fraction of sp³-hybridized carbons (Fsp3) is 0.300. The van der Waals surface area contributed by atoms with E-state index < -0.39 is 0 Å². The van der Waals surface area contributed by atoms with E-state index in [0.717, 1.165) is 41.3 Å². The minimum Gasteiger partial charge on any atom is -0.497 e. The Morgan fingerprint density at radius 1 is 1.12 bits per heavy atom. The molecule has 26 heavy (non-hydrogen) atoms. The van der Waals surface area contributed by atoms with E-state index in [4.69, 9.17) is 15.2 Å². The molecule has 1 aliphatic rings. The number of hydrogen-bond acceptors (Lipinski definition) is 6. The van der Waals surface area contributed by atoms with Gasteiger partial charge in [0.15, 0.2) is 0 Å². The minimum atomic E-state index is -0.00764. The van der Waals surface area contributed by atoms with E-state index in [2.05, 4.69) is 39.1 Å². The fourth-order valence-electron chi connectivity index (χ4n) is 3.37. The fourth-order valence-corrected chi connectivity index (χ4v) is 3.37. The number of methoxy groups -OCH3 is 1. The Morgan fingerprint density at radius 2 is 1.92 bits per heavy atom. The van der Waals surface area contributed by atoms with E-state index in [1.807, 2.05) is 25.1 Å². The topological polar surface area (TPSA) is 73.5 Å². The molecule has 0 unspecified atom stereocenters. The second-order valence-corrected chi connectivity index (χ2v) is 6.50. The third-order valence-corrected chi connectivity index (χ3v) is 4.69. The first-order chi connectivity index (χ1) is 12.6. The van der Waals surface area contributed by atoms with Crippen LogP contribution in [0.15, 0.2) is 42.5 Å². The zero-order valence-electron chi connectivity index (χ0n) is 15.0. The van der Waals surface area contributed by atoms with Crippen molar-refractivity contribution >= 4 is 22.5 Å². The quantitative estimate of drug-likeness (QED) is 0.782. The molecule has 0 radical (unpaired) electrons. The lowest BCUT2D eigenvalue weighted by molar-refractivity contribution is 0.0396. The molecule has 0 saturated carbocycles. The van der Waals surface area contributed by atoms with Crippen LogP contribution in [0, 0.1) is 6.92 Å². The zero-order valence-corrected chi connectivity index (χ0v) is 15.0. The standard InChI is InChI=1S/C20H22N4O2/c1-13-9-19(23-20(21)22-13)24-7-8-26-18(12-24)16-4-3-15-11-17(25-2)6-5-14(15)10-16/h3-6,9-11,18H,7-8,12H2,1-2H3,(H2,21,22,23)/t18-/m0/s1.